The van der Waals surface area contributed by atoms with Crippen LogP contribution in [0.5, 0.6) is 5.75 Å². The first-order chi connectivity index (χ1) is 9.63. The standard InChI is InChI=1S/C15H22N2O3/c1-4-15(2,17-8-10-20-11-9-17)14(18)13-12(19-3)6-5-7-16-13/h5-7H,4,8-11H2,1-3H3. The van der Waals surface area contributed by atoms with Gasteiger partial charge in [0.15, 0.2) is 0 Å². The third-order valence-electron chi connectivity index (χ3n) is 4.09. The van der Waals surface area contributed by atoms with Crippen LogP contribution < -0.4 is 4.74 Å². The Kier molecular flexibility index (Phi) is 4.73. The number of pyridine rings is 1. The Labute approximate surface area is 119 Å². The SMILES string of the molecule is CCC(C)(C(=O)c1ncccc1OC)N1CCOCC1. The van der Waals surface area contributed by atoms with Gasteiger partial charge in [0.2, 0.25) is 5.78 Å². The van der Waals surface area contributed by atoms with Gasteiger partial charge in [0.1, 0.15) is 11.4 Å². The molecule has 0 saturated carbocycles. The Bertz CT molecular complexity index is 472. The maximum Gasteiger partial charge on any atom is 0.204 e. The zero-order valence-electron chi connectivity index (χ0n) is 12.4. The van der Waals surface area contributed by atoms with Crippen LogP contribution in [0.1, 0.15) is 30.8 Å². The van der Waals surface area contributed by atoms with E-state index in [0.717, 1.165) is 19.5 Å². The number of carbonyl (C=O) groups excluding carboxylic acids is 1. The average molecular weight is 278 g/mol. The van der Waals surface area contributed by atoms with Crippen LogP contribution in [-0.4, -0.2) is 54.6 Å². The molecule has 0 spiro atoms. The molecule has 2 rings (SSSR count). The van der Waals surface area contributed by atoms with E-state index >= 15 is 0 Å². The summed E-state index contributed by atoms with van der Waals surface area (Å²) in [6.07, 6.45) is 2.36. The van der Waals surface area contributed by atoms with Gasteiger partial charge < -0.3 is 9.47 Å². The third-order valence-corrected chi connectivity index (χ3v) is 4.09. The second-order valence-corrected chi connectivity index (χ2v) is 5.11. The summed E-state index contributed by atoms with van der Waals surface area (Å²) in [5.41, 5.74) is -0.156. The van der Waals surface area contributed by atoms with E-state index in [9.17, 15) is 4.79 Å². The van der Waals surface area contributed by atoms with E-state index < -0.39 is 5.54 Å². The van der Waals surface area contributed by atoms with Crippen LogP contribution >= 0.6 is 0 Å². The lowest BCUT2D eigenvalue weighted by atomic mass is 9.88. The normalized spacial score (nSPS) is 19.4. The molecule has 1 aliphatic heterocycles. The second kappa shape index (κ2) is 6.33. The second-order valence-electron chi connectivity index (χ2n) is 5.11. The number of ether oxygens (including phenoxy) is 2. The molecule has 0 bridgehead atoms. The van der Waals surface area contributed by atoms with Crippen molar-refractivity contribution in [2.75, 3.05) is 33.4 Å². The van der Waals surface area contributed by atoms with Gasteiger partial charge in [-0.25, -0.2) is 4.98 Å². The molecule has 0 amide bonds. The van der Waals surface area contributed by atoms with Gasteiger partial charge in [-0.1, -0.05) is 6.92 Å². The molecule has 5 nitrogen and oxygen atoms in total. The van der Waals surface area contributed by atoms with E-state index in [0.29, 0.717) is 24.7 Å². The van der Waals surface area contributed by atoms with Crippen molar-refractivity contribution in [2.45, 2.75) is 25.8 Å². The van der Waals surface area contributed by atoms with Gasteiger partial charge in [-0.2, -0.15) is 0 Å². The molecular formula is C15H22N2O3. The van der Waals surface area contributed by atoms with Gasteiger partial charge in [0, 0.05) is 19.3 Å². The molecule has 1 saturated heterocycles. The summed E-state index contributed by atoms with van der Waals surface area (Å²) in [5.74, 6) is 0.546. The number of ketones is 1. The van der Waals surface area contributed by atoms with Crippen molar-refractivity contribution in [3.8, 4) is 5.75 Å². The van der Waals surface area contributed by atoms with E-state index in [1.807, 2.05) is 13.8 Å². The van der Waals surface area contributed by atoms with Crippen LogP contribution in [0.2, 0.25) is 0 Å². The number of nitrogens with zero attached hydrogens (tertiary/aromatic N) is 2. The molecule has 1 atom stereocenters. The highest BCUT2D eigenvalue weighted by Crippen LogP contribution is 2.28. The van der Waals surface area contributed by atoms with Crippen molar-refractivity contribution in [1.82, 2.24) is 9.88 Å². The Morgan fingerprint density at radius 2 is 2.20 bits per heavy atom. The lowest BCUT2D eigenvalue weighted by Crippen LogP contribution is -2.56. The van der Waals surface area contributed by atoms with Crippen molar-refractivity contribution in [2.24, 2.45) is 0 Å². The highest BCUT2D eigenvalue weighted by molar-refractivity contribution is 6.03. The highest BCUT2D eigenvalue weighted by Gasteiger charge is 2.40. The molecule has 110 valence electrons. The van der Waals surface area contributed by atoms with Gasteiger partial charge in [0.05, 0.1) is 25.9 Å². The highest BCUT2D eigenvalue weighted by atomic mass is 16.5. The lowest BCUT2D eigenvalue weighted by Gasteiger charge is -2.41. The first kappa shape index (κ1) is 14.9. The van der Waals surface area contributed by atoms with Crippen molar-refractivity contribution in [1.29, 1.82) is 0 Å². The summed E-state index contributed by atoms with van der Waals surface area (Å²) in [6.45, 7) is 6.89. The lowest BCUT2D eigenvalue weighted by molar-refractivity contribution is -0.0109. The Morgan fingerprint density at radius 1 is 1.50 bits per heavy atom. The molecule has 1 aromatic rings. The van der Waals surface area contributed by atoms with E-state index in [1.54, 1.807) is 25.4 Å². The molecule has 1 fully saturated rings. The molecule has 1 aliphatic rings. The van der Waals surface area contributed by atoms with Gasteiger partial charge >= 0.3 is 0 Å². The number of Topliss-reactive ketones (excluding diaryl/α,β-unsaturated/α-hetero) is 1. The predicted octanol–water partition coefficient (Wildman–Crippen LogP) is 1.77. The summed E-state index contributed by atoms with van der Waals surface area (Å²) in [4.78, 5) is 19.4. The van der Waals surface area contributed by atoms with Crippen LogP contribution in [0.3, 0.4) is 0 Å². The van der Waals surface area contributed by atoms with Crippen LogP contribution in [0.25, 0.3) is 0 Å². The Hall–Kier alpha value is -1.46. The number of rotatable bonds is 5. The van der Waals surface area contributed by atoms with Crippen molar-refractivity contribution < 1.29 is 14.3 Å². The van der Waals surface area contributed by atoms with Crippen LogP contribution in [0.15, 0.2) is 18.3 Å². The molecule has 2 heterocycles. The Morgan fingerprint density at radius 3 is 2.80 bits per heavy atom. The van der Waals surface area contributed by atoms with Gasteiger partial charge in [-0.05, 0) is 25.5 Å². The van der Waals surface area contributed by atoms with Crippen molar-refractivity contribution >= 4 is 5.78 Å². The molecule has 0 aromatic carbocycles. The quantitative estimate of drug-likeness (QED) is 0.768. The summed E-state index contributed by atoms with van der Waals surface area (Å²) >= 11 is 0. The minimum Gasteiger partial charge on any atom is -0.494 e. The minimum atomic E-state index is -0.564. The van der Waals surface area contributed by atoms with Gasteiger partial charge in [-0.3, -0.25) is 9.69 Å². The number of hydrogen-bond donors (Lipinski definition) is 0. The number of aromatic nitrogens is 1. The monoisotopic (exact) mass is 278 g/mol. The molecule has 20 heavy (non-hydrogen) atoms. The van der Waals surface area contributed by atoms with E-state index in [4.69, 9.17) is 9.47 Å². The third kappa shape index (κ3) is 2.69. The fourth-order valence-electron chi connectivity index (χ4n) is 2.57. The molecule has 1 unspecified atom stereocenters. The zero-order chi connectivity index (χ0) is 14.6. The molecule has 5 heteroatoms. The Balaban J connectivity index is 2.32. The fraction of sp³-hybridized carbons (Fsp3) is 0.600. The fourth-order valence-corrected chi connectivity index (χ4v) is 2.57. The molecule has 0 radical (unpaired) electrons. The average Bonchev–Trinajstić information content (AvgIpc) is 2.54. The topological polar surface area (TPSA) is 51.7 Å². The molecule has 0 N–H and O–H groups in total. The smallest absolute Gasteiger partial charge is 0.204 e. The van der Waals surface area contributed by atoms with E-state index in [1.165, 1.54) is 0 Å². The first-order valence-corrected chi connectivity index (χ1v) is 7.00. The zero-order valence-corrected chi connectivity index (χ0v) is 12.4. The minimum absolute atomic E-state index is 0.0133. The molecule has 1 aromatic heterocycles. The summed E-state index contributed by atoms with van der Waals surface area (Å²) in [6, 6.07) is 3.54. The maximum absolute atomic E-state index is 13.0. The predicted molar refractivity (Wildman–Crippen MR) is 76.2 cm³/mol. The van der Waals surface area contributed by atoms with E-state index in [2.05, 4.69) is 9.88 Å². The van der Waals surface area contributed by atoms with Crippen LogP contribution in [-0.2, 0) is 4.74 Å². The largest absolute Gasteiger partial charge is 0.494 e. The van der Waals surface area contributed by atoms with Gasteiger partial charge in [0.25, 0.3) is 0 Å². The van der Waals surface area contributed by atoms with E-state index in [-0.39, 0.29) is 5.78 Å². The number of morpholine rings is 1. The first-order valence-electron chi connectivity index (χ1n) is 7.00. The number of carbonyl (C=O) groups is 1. The van der Waals surface area contributed by atoms with Crippen LogP contribution in [0, 0.1) is 0 Å². The maximum atomic E-state index is 13.0. The van der Waals surface area contributed by atoms with Crippen molar-refractivity contribution in [3.63, 3.8) is 0 Å². The number of methoxy groups -OCH3 is 1. The molecular weight excluding hydrogens is 256 g/mol. The summed E-state index contributed by atoms with van der Waals surface area (Å²) in [5, 5.41) is 0. The summed E-state index contributed by atoms with van der Waals surface area (Å²) < 4.78 is 10.6. The van der Waals surface area contributed by atoms with Crippen molar-refractivity contribution in [3.05, 3.63) is 24.0 Å². The molecule has 0 aliphatic carbocycles. The summed E-state index contributed by atoms with van der Waals surface area (Å²) in [7, 11) is 1.56. The van der Waals surface area contributed by atoms with Crippen LogP contribution in [0.4, 0.5) is 0 Å². The van der Waals surface area contributed by atoms with Gasteiger partial charge in [-0.15, -0.1) is 0 Å². The number of hydrogen-bond acceptors (Lipinski definition) is 5.